The summed E-state index contributed by atoms with van der Waals surface area (Å²) in [6.07, 6.45) is 1.77. The predicted molar refractivity (Wildman–Crippen MR) is 123 cm³/mol. The third-order valence-corrected chi connectivity index (χ3v) is 5.13. The van der Waals surface area contributed by atoms with Crippen molar-refractivity contribution in [1.29, 1.82) is 0 Å². The summed E-state index contributed by atoms with van der Waals surface area (Å²) >= 11 is 0. The Morgan fingerprint density at radius 2 is 0.967 bits per heavy atom. The smallest absolute Gasteiger partial charge is 0.118 e. The molecule has 0 radical (unpaired) electrons. The first-order chi connectivity index (χ1) is 14.7. The Kier molecular flexibility index (Phi) is 7.52. The monoisotopic (exact) mass is 403 g/mol. The van der Waals surface area contributed by atoms with Gasteiger partial charge in [0.05, 0.1) is 21.3 Å². The van der Waals surface area contributed by atoms with Gasteiger partial charge in [0.25, 0.3) is 0 Å². The molecule has 3 aromatic rings. The molecular formula is C26H29NO3. The maximum Gasteiger partial charge on any atom is 0.118 e. The summed E-state index contributed by atoms with van der Waals surface area (Å²) in [7, 11) is 5.04. The zero-order chi connectivity index (χ0) is 21.3. The van der Waals surface area contributed by atoms with Crippen molar-refractivity contribution in [1.82, 2.24) is 0 Å². The zero-order valence-electron chi connectivity index (χ0n) is 17.9. The lowest BCUT2D eigenvalue weighted by atomic mass is 9.87. The van der Waals surface area contributed by atoms with Gasteiger partial charge < -0.3 is 19.9 Å². The lowest BCUT2D eigenvalue weighted by Crippen LogP contribution is -2.02. The van der Waals surface area contributed by atoms with Gasteiger partial charge in [0.2, 0.25) is 0 Å². The van der Waals surface area contributed by atoms with Crippen molar-refractivity contribution in [2.45, 2.75) is 12.8 Å². The fraction of sp³-hybridized carbons (Fsp3) is 0.231. The molecule has 0 aliphatic carbocycles. The summed E-state index contributed by atoms with van der Waals surface area (Å²) in [5.74, 6) is 2.51. The van der Waals surface area contributed by atoms with E-state index in [-0.39, 0.29) is 0 Å². The van der Waals surface area contributed by atoms with Gasteiger partial charge in [0, 0.05) is 0 Å². The van der Waals surface area contributed by atoms with E-state index in [9.17, 15) is 0 Å². The van der Waals surface area contributed by atoms with E-state index in [1.54, 1.807) is 21.3 Å². The molecule has 4 heteroatoms. The molecule has 0 amide bonds. The van der Waals surface area contributed by atoms with Gasteiger partial charge in [-0.1, -0.05) is 36.4 Å². The molecule has 0 heterocycles. The van der Waals surface area contributed by atoms with Crippen molar-refractivity contribution in [2.75, 3.05) is 27.9 Å². The van der Waals surface area contributed by atoms with Gasteiger partial charge in [0.1, 0.15) is 17.2 Å². The Balaban J connectivity index is 2.21. The molecule has 3 aromatic carbocycles. The molecule has 0 saturated carbocycles. The zero-order valence-corrected chi connectivity index (χ0v) is 17.9. The molecule has 156 valence electrons. The van der Waals surface area contributed by atoms with Gasteiger partial charge in [-0.2, -0.15) is 0 Å². The van der Waals surface area contributed by atoms with Gasteiger partial charge in [0.15, 0.2) is 0 Å². The Morgan fingerprint density at radius 1 is 0.600 bits per heavy atom. The number of hydrogen-bond donors (Lipinski definition) is 1. The molecule has 0 bridgehead atoms. The van der Waals surface area contributed by atoms with Crippen molar-refractivity contribution < 1.29 is 14.2 Å². The minimum Gasteiger partial charge on any atom is -0.497 e. The number of methoxy groups -OCH3 is 3. The second kappa shape index (κ2) is 10.5. The summed E-state index contributed by atoms with van der Waals surface area (Å²) in [4.78, 5) is 0. The molecule has 3 rings (SSSR count). The number of ether oxygens (including phenoxy) is 3. The van der Waals surface area contributed by atoms with Crippen LogP contribution >= 0.6 is 0 Å². The van der Waals surface area contributed by atoms with Gasteiger partial charge >= 0.3 is 0 Å². The van der Waals surface area contributed by atoms with Gasteiger partial charge in [-0.05, 0) is 83.6 Å². The first-order valence-electron chi connectivity index (χ1n) is 10.1. The molecule has 2 N–H and O–H groups in total. The normalized spacial score (nSPS) is 10.4. The van der Waals surface area contributed by atoms with Crippen LogP contribution in [0.25, 0.3) is 11.1 Å². The maximum absolute atomic E-state index is 5.88. The Bertz CT molecular complexity index is 909. The molecule has 0 unspecified atom stereocenters. The van der Waals surface area contributed by atoms with Crippen LogP contribution in [0.5, 0.6) is 17.2 Å². The van der Waals surface area contributed by atoms with Crippen molar-refractivity contribution in [3.63, 3.8) is 0 Å². The highest BCUT2D eigenvalue weighted by atomic mass is 16.5. The van der Waals surface area contributed by atoms with E-state index in [4.69, 9.17) is 19.9 Å². The van der Waals surface area contributed by atoms with E-state index in [1.807, 2.05) is 36.4 Å². The van der Waals surface area contributed by atoms with Gasteiger partial charge in [-0.3, -0.25) is 0 Å². The average molecular weight is 404 g/mol. The lowest BCUT2D eigenvalue weighted by Gasteiger charge is -2.18. The minimum absolute atomic E-state index is 0.637. The number of allylic oxidation sites excluding steroid dienone is 1. The molecule has 0 spiro atoms. The Morgan fingerprint density at radius 3 is 1.30 bits per heavy atom. The second-order valence-electron chi connectivity index (χ2n) is 6.93. The Hall–Kier alpha value is -3.24. The van der Waals surface area contributed by atoms with Crippen molar-refractivity contribution in [3.8, 4) is 17.2 Å². The highest BCUT2D eigenvalue weighted by Gasteiger charge is 2.15. The van der Waals surface area contributed by atoms with Crippen LogP contribution in [0.3, 0.4) is 0 Å². The van der Waals surface area contributed by atoms with Crippen LogP contribution in [0.4, 0.5) is 0 Å². The van der Waals surface area contributed by atoms with E-state index >= 15 is 0 Å². The van der Waals surface area contributed by atoms with E-state index in [2.05, 4.69) is 36.4 Å². The molecule has 0 atom stereocenters. The van der Waals surface area contributed by atoms with Crippen LogP contribution in [0.15, 0.2) is 72.8 Å². The van der Waals surface area contributed by atoms with Crippen LogP contribution in [0.1, 0.15) is 29.5 Å². The van der Waals surface area contributed by atoms with Crippen LogP contribution in [-0.2, 0) is 0 Å². The first-order valence-corrected chi connectivity index (χ1v) is 10.1. The first kappa shape index (κ1) is 21.5. The summed E-state index contributed by atoms with van der Waals surface area (Å²) in [6.45, 7) is 0.637. The standard InChI is InChI=1S/C26H29NO3/c1-28-22-12-6-19(7-13-22)25(5-4-18-27)26(20-8-14-23(29-2)15-9-20)21-10-16-24(30-3)17-11-21/h6-17H,4-5,18,27H2,1-3H3. The topological polar surface area (TPSA) is 53.7 Å². The largest absolute Gasteiger partial charge is 0.497 e. The summed E-state index contributed by atoms with van der Waals surface area (Å²) < 4.78 is 16.1. The maximum atomic E-state index is 5.88. The molecule has 0 saturated heterocycles. The van der Waals surface area contributed by atoms with E-state index in [1.165, 1.54) is 11.1 Å². The Labute approximate surface area is 178 Å². The molecular weight excluding hydrogens is 374 g/mol. The molecule has 0 fully saturated rings. The van der Waals surface area contributed by atoms with Crippen molar-refractivity contribution in [3.05, 3.63) is 89.5 Å². The predicted octanol–water partition coefficient (Wildman–Crippen LogP) is 5.41. The third kappa shape index (κ3) is 5.02. The van der Waals surface area contributed by atoms with Crippen molar-refractivity contribution in [2.24, 2.45) is 5.73 Å². The number of nitrogens with two attached hydrogens (primary N) is 1. The fourth-order valence-corrected chi connectivity index (χ4v) is 3.52. The lowest BCUT2D eigenvalue weighted by molar-refractivity contribution is 0.414. The molecule has 4 nitrogen and oxygen atoms in total. The summed E-state index contributed by atoms with van der Waals surface area (Å²) in [5.41, 5.74) is 11.7. The van der Waals surface area contributed by atoms with Gasteiger partial charge in [-0.25, -0.2) is 0 Å². The van der Waals surface area contributed by atoms with Crippen LogP contribution in [0, 0.1) is 0 Å². The van der Waals surface area contributed by atoms with Crippen LogP contribution in [0.2, 0.25) is 0 Å². The quantitative estimate of drug-likeness (QED) is 0.485. The molecule has 0 aliphatic rings. The van der Waals surface area contributed by atoms with Crippen LogP contribution < -0.4 is 19.9 Å². The third-order valence-electron chi connectivity index (χ3n) is 5.13. The van der Waals surface area contributed by atoms with E-state index < -0.39 is 0 Å². The highest BCUT2D eigenvalue weighted by Crippen LogP contribution is 2.36. The fourth-order valence-electron chi connectivity index (χ4n) is 3.52. The number of rotatable bonds is 9. The molecule has 0 aromatic heterocycles. The van der Waals surface area contributed by atoms with Crippen LogP contribution in [-0.4, -0.2) is 27.9 Å². The van der Waals surface area contributed by atoms with E-state index in [0.717, 1.165) is 46.8 Å². The van der Waals surface area contributed by atoms with Crippen molar-refractivity contribution >= 4 is 11.1 Å². The summed E-state index contributed by atoms with van der Waals surface area (Å²) in [6, 6.07) is 24.6. The SMILES string of the molecule is COc1ccc(C(CCCN)=C(c2ccc(OC)cc2)c2ccc(OC)cc2)cc1. The average Bonchev–Trinajstić information content (AvgIpc) is 2.82. The minimum atomic E-state index is 0.637. The highest BCUT2D eigenvalue weighted by molar-refractivity contribution is 5.98. The number of benzene rings is 3. The second-order valence-corrected chi connectivity index (χ2v) is 6.93. The summed E-state index contributed by atoms with van der Waals surface area (Å²) in [5, 5.41) is 0. The van der Waals surface area contributed by atoms with Gasteiger partial charge in [-0.15, -0.1) is 0 Å². The number of hydrogen-bond acceptors (Lipinski definition) is 4. The molecule has 30 heavy (non-hydrogen) atoms. The van der Waals surface area contributed by atoms with E-state index in [0.29, 0.717) is 6.54 Å². The molecule has 0 aliphatic heterocycles.